The highest BCUT2D eigenvalue weighted by atomic mass is 19.1. The number of rotatable bonds is 9. The van der Waals surface area contributed by atoms with E-state index in [1.807, 2.05) is 51.1 Å². The zero-order chi connectivity index (χ0) is 23.1. The second-order valence-electron chi connectivity index (χ2n) is 7.84. The molecule has 7 heteroatoms. The molecule has 32 heavy (non-hydrogen) atoms. The molecule has 0 aliphatic carbocycles. The summed E-state index contributed by atoms with van der Waals surface area (Å²) in [6.45, 7) is 5.83. The standard InChI is InChI=1S/C25H29FN4O2/c1-4-17(2)27-22(31)11-8-12-23(32)28-25-24(19-9-6-5-7-10-19)18(3)29-30(25)21-15-13-20(26)14-16-21/h5-7,9-10,13-17H,4,8,11-12H2,1-3H3,(H,27,31)(H,28,32). The number of carbonyl (C=O) groups excluding carboxylic acids is 2. The minimum absolute atomic E-state index is 0.0516. The number of nitrogens with one attached hydrogen (secondary N) is 2. The van der Waals surface area contributed by atoms with E-state index in [1.54, 1.807) is 16.8 Å². The fourth-order valence-electron chi connectivity index (χ4n) is 3.42. The number of carbonyl (C=O) groups is 2. The van der Waals surface area contributed by atoms with E-state index in [2.05, 4.69) is 15.7 Å². The second kappa shape index (κ2) is 10.7. The van der Waals surface area contributed by atoms with Crippen LogP contribution in [0.1, 0.15) is 45.2 Å². The maximum Gasteiger partial charge on any atom is 0.225 e. The normalized spacial score (nSPS) is 11.8. The number of nitrogens with zero attached hydrogens (tertiary/aromatic N) is 2. The molecule has 0 fully saturated rings. The van der Waals surface area contributed by atoms with Gasteiger partial charge in [0.15, 0.2) is 0 Å². The molecule has 0 saturated heterocycles. The predicted molar refractivity (Wildman–Crippen MR) is 124 cm³/mol. The summed E-state index contributed by atoms with van der Waals surface area (Å²) in [5.41, 5.74) is 3.10. The van der Waals surface area contributed by atoms with Crippen molar-refractivity contribution in [3.8, 4) is 16.8 Å². The van der Waals surface area contributed by atoms with Gasteiger partial charge in [-0.3, -0.25) is 9.59 Å². The van der Waals surface area contributed by atoms with E-state index >= 15 is 0 Å². The monoisotopic (exact) mass is 436 g/mol. The van der Waals surface area contributed by atoms with Crippen LogP contribution in [0.2, 0.25) is 0 Å². The summed E-state index contributed by atoms with van der Waals surface area (Å²) >= 11 is 0. The molecule has 0 bridgehead atoms. The minimum atomic E-state index is -0.345. The van der Waals surface area contributed by atoms with Crippen LogP contribution in [0.3, 0.4) is 0 Å². The first kappa shape index (κ1) is 23.2. The third-order valence-corrected chi connectivity index (χ3v) is 5.28. The zero-order valence-corrected chi connectivity index (χ0v) is 18.7. The molecule has 2 N–H and O–H groups in total. The fraction of sp³-hybridized carbons (Fsp3) is 0.320. The lowest BCUT2D eigenvalue weighted by molar-refractivity contribution is -0.122. The highest BCUT2D eigenvalue weighted by Crippen LogP contribution is 2.33. The SMILES string of the molecule is CCC(C)NC(=O)CCCC(=O)Nc1c(-c2ccccc2)c(C)nn1-c1ccc(F)cc1. The first-order chi connectivity index (χ1) is 15.4. The van der Waals surface area contributed by atoms with Crippen molar-refractivity contribution in [1.29, 1.82) is 0 Å². The average Bonchev–Trinajstić information content (AvgIpc) is 3.10. The van der Waals surface area contributed by atoms with E-state index < -0.39 is 0 Å². The van der Waals surface area contributed by atoms with E-state index in [9.17, 15) is 14.0 Å². The summed E-state index contributed by atoms with van der Waals surface area (Å²) in [5.74, 6) is -0.0809. The van der Waals surface area contributed by atoms with Gasteiger partial charge < -0.3 is 10.6 Å². The number of halogens is 1. The largest absolute Gasteiger partial charge is 0.354 e. The van der Waals surface area contributed by atoms with Crippen molar-refractivity contribution in [2.75, 3.05) is 5.32 Å². The van der Waals surface area contributed by atoms with E-state index in [0.717, 1.165) is 23.2 Å². The van der Waals surface area contributed by atoms with Gasteiger partial charge >= 0.3 is 0 Å². The Hall–Kier alpha value is -3.48. The number of aryl methyl sites for hydroxylation is 1. The van der Waals surface area contributed by atoms with E-state index in [0.29, 0.717) is 24.3 Å². The molecule has 168 valence electrons. The highest BCUT2D eigenvalue weighted by molar-refractivity contribution is 5.95. The summed E-state index contributed by atoms with van der Waals surface area (Å²) in [6.07, 6.45) is 1.80. The lowest BCUT2D eigenvalue weighted by Crippen LogP contribution is -2.31. The molecule has 2 aromatic carbocycles. The molecular formula is C25H29FN4O2. The smallest absolute Gasteiger partial charge is 0.225 e. The number of anilines is 1. The molecule has 0 saturated carbocycles. The maximum absolute atomic E-state index is 13.4. The van der Waals surface area contributed by atoms with Crippen LogP contribution >= 0.6 is 0 Å². The summed E-state index contributed by atoms with van der Waals surface area (Å²) in [5, 5.41) is 10.5. The number of hydrogen-bond acceptors (Lipinski definition) is 3. The van der Waals surface area contributed by atoms with E-state index in [-0.39, 0.29) is 30.1 Å². The van der Waals surface area contributed by atoms with Gasteiger partial charge in [-0.1, -0.05) is 37.3 Å². The first-order valence-electron chi connectivity index (χ1n) is 10.9. The zero-order valence-electron chi connectivity index (χ0n) is 18.7. The molecule has 1 heterocycles. The first-order valence-corrected chi connectivity index (χ1v) is 10.9. The second-order valence-corrected chi connectivity index (χ2v) is 7.84. The molecule has 3 rings (SSSR count). The maximum atomic E-state index is 13.4. The molecule has 3 aromatic rings. The molecule has 0 aliphatic rings. The van der Waals surface area contributed by atoms with Gasteiger partial charge in [-0.2, -0.15) is 5.10 Å². The third kappa shape index (κ3) is 5.81. The van der Waals surface area contributed by atoms with Crippen LogP contribution in [0.5, 0.6) is 0 Å². The van der Waals surface area contributed by atoms with Crippen molar-refractivity contribution in [1.82, 2.24) is 15.1 Å². The number of aromatic nitrogens is 2. The topological polar surface area (TPSA) is 76.0 Å². The average molecular weight is 437 g/mol. The van der Waals surface area contributed by atoms with Gasteiger partial charge in [0.05, 0.1) is 11.4 Å². The van der Waals surface area contributed by atoms with Crippen molar-refractivity contribution in [3.63, 3.8) is 0 Å². The van der Waals surface area contributed by atoms with Crippen molar-refractivity contribution in [2.45, 2.75) is 52.5 Å². The molecule has 1 atom stereocenters. The van der Waals surface area contributed by atoms with Gasteiger partial charge in [-0.15, -0.1) is 0 Å². The summed E-state index contributed by atoms with van der Waals surface area (Å²) in [7, 11) is 0. The Balaban J connectivity index is 1.81. The lowest BCUT2D eigenvalue weighted by Gasteiger charge is -2.13. The van der Waals surface area contributed by atoms with E-state index in [4.69, 9.17) is 0 Å². The van der Waals surface area contributed by atoms with Crippen LogP contribution in [0, 0.1) is 12.7 Å². The molecule has 1 unspecified atom stereocenters. The molecule has 1 aromatic heterocycles. The van der Waals surface area contributed by atoms with Gasteiger partial charge in [0.25, 0.3) is 0 Å². The van der Waals surface area contributed by atoms with Crippen LogP contribution in [0.25, 0.3) is 16.8 Å². The molecule has 0 spiro atoms. The molecule has 6 nitrogen and oxygen atoms in total. The van der Waals surface area contributed by atoms with Crippen LogP contribution in [-0.2, 0) is 9.59 Å². The summed E-state index contributed by atoms with van der Waals surface area (Å²) in [6, 6.07) is 15.7. The molecular weight excluding hydrogens is 407 g/mol. The fourth-order valence-corrected chi connectivity index (χ4v) is 3.42. The van der Waals surface area contributed by atoms with Gasteiger partial charge in [-0.05, 0) is 56.5 Å². The van der Waals surface area contributed by atoms with Crippen LogP contribution in [0.4, 0.5) is 10.2 Å². The Morgan fingerprint density at radius 3 is 2.34 bits per heavy atom. The Bertz CT molecular complexity index is 1060. The third-order valence-electron chi connectivity index (χ3n) is 5.28. The highest BCUT2D eigenvalue weighted by Gasteiger charge is 2.20. The Morgan fingerprint density at radius 2 is 1.69 bits per heavy atom. The van der Waals surface area contributed by atoms with Gasteiger partial charge in [0.2, 0.25) is 11.8 Å². The van der Waals surface area contributed by atoms with E-state index in [1.165, 1.54) is 12.1 Å². The quantitative estimate of drug-likeness (QED) is 0.495. The number of benzene rings is 2. The minimum Gasteiger partial charge on any atom is -0.354 e. The van der Waals surface area contributed by atoms with Crippen LogP contribution in [-0.4, -0.2) is 27.6 Å². The Kier molecular flexibility index (Phi) is 7.76. The molecule has 0 radical (unpaired) electrons. The lowest BCUT2D eigenvalue weighted by atomic mass is 10.1. The number of hydrogen-bond donors (Lipinski definition) is 2. The van der Waals surface area contributed by atoms with Gasteiger partial charge in [0.1, 0.15) is 11.6 Å². The van der Waals surface area contributed by atoms with Crippen LogP contribution in [0.15, 0.2) is 54.6 Å². The molecule has 2 amide bonds. The van der Waals surface area contributed by atoms with Gasteiger partial charge in [-0.25, -0.2) is 9.07 Å². The van der Waals surface area contributed by atoms with Crippen molar-refractivity contribution in [2.24, 2.45) is 0 Å². The summed E-state index contributed by atoms with van der Waals surface area (Å²) in [4.78, 5) is 24.7. The van der Waals surface area contributed by atoms with Gasteiger partial charge in [0, 0.05) is 24.4 Å². The van der Waals surface area contributed by atoms with Crippen LogP contribution < -0.4 is 10.6 Å². The Morgan fingerprint density at radius 1 is 1.03 bits per heavy atom. The predicted octanol–water partition coefficient (Wildman–Crippen LogP) is 5.01. The molecule has 0 aliphatic heterocycles. The summed E-state index contributed by atoms with van der Waals surface area (Å²) < 4.78 is 15.1. The van der Waals surface area contributed by atoms with Crippen molar-refractivity contribution >= 4 is 17.6 Å². The number of amides is 2. The Labute approximate surface area is 187 Å². The van der Waals surface area contributed by atoms with Crippen molar-refractivity contribution < 1.29 is 14.0 Å². The van der Waals surface area contributed by atoms with Crippen molar-refractivity contribution in [3.05, 3.63) is 66.1 Å².